The Balaban J connectivity index is 1.98. The molecule has 0 saturated carbocycles. The first-order valence-electron chi connectivity index (χ1n) is 7.62. The Hall–Kier alpha value is -2.73. The van der Waals surface area contributed by atoms with E-state index >= 15 is 0 Å². The summed E-state index contributed by atoms with van der Waals surface area (Å²) in [6, 6.07) is 12.3. The molecule has 24 heavy (non-hydrogen) atoms. The van der Waals surface area contributed by atoms with Gasteiger partial charge in [-0.15, -0.1) is 0 Å². The average molecular weight is 330 g/mol. The molecule has 0 aliphatic carbocycles. The topological polar surface area (TPSA) is 78.4 Å². The van der Waals surface area contributed by atoms with Gasteiger partial charge in [0.15, 0.2) is 0 Å². The van der Waals surface area contributed by atoms with E-state index in [2.05, 4.69) is 10.6 Å². The molecule has 0 bridgehead atoms. The van der Waals surface area contributed by atoms with Crippen LogP contribution in [0.25, 0.3) is 0 Å². The first kappa shape index (κ1) is 17.6. The fraction of sp³-hybridized carbons (Fsp3) is 0.222. The maximum atomic E-state index is 13.6. The standard InChI is InChI=1S/C18H19FN2O3/c1-2-17(23)21-13-7-5-6-12(10-13)18(24)20-11-16(22)14-8-3-4-9-15(14)19/h3-10,16,22H,2,11H2,1H3,(H,20,24)(H,21,23). The van der Waals surface area contributed by atoms with Gasteiger partial charge in [0.1, 0.15) is 5.82 Å². The number of hydrogen-bond acceptors (Lipinski definition) is 3. The highest BCUT2D eigenvalue weighted by atomic mass is 19.1. The van der Waals surface area contributed by atoms with Crippen LogP contribution in [0.4, 0.5) is 10.1 Å². The Kier molecular flexibility index (Phi) is 6.03. The van der Waals surface area contributed by atoms with E-state index in [0.29, 0.717) is 17.7 Å². The maximum Gasteiger partial charge on any atom is 0.251 e. The molecule has 6 heteroatoms. The summed E-state index contributed by atoms with van der Waals surface area (Å²) in [5, 5.41) is 15.2. The van der Waals surface area contributed by atoms with E-state index in [4.69, 9.17) is 0 Å². The molecule has 0 heterocycles. The molecule has 0 aliphatic rings. The molecule has 1 unspecified atom stereocenters. The quantitative estimate of drug-likeness (QED) is 0.762. The SMILES string of the molecule is CCC(=O)Nc1cccc(C(=O)NCC(O)c2ccccc2F)c1. The lowest BCUT2D eigenvalue weighted by Crippen LogP contribution is -2.28. The van der Waals surface area contributed by atoms with Gasteiger partial charge < -0.3 is 15.7 Å². The van der Waals surface area contributed by atoms with Crippen LogP contribution in [-0.4, -0.2) is 23.5 Å². The Morgan fingerprint density at radius 1 is 1.17 bits per heavy atom. The lowest BCUT2D eigenvalue weighted by Gasteiger charge is -2.13. The third kappa shape index (κ3) is 4.63. The Bertz CT molecular complexity index is 734. The van der Waals surface area contributed by atoms with Gasteiger partial charge in [0.25, 0.3) is 5.91 Å². The predicted molar refractivity (Wildman–Crippen MR) is 89.1 cm³/mol. The number of anilines is 1. The van der Waals surface area contributed by atoms with Gasteiger partial charge in [-0.05, 0) is 24.3 Å². The van der Waals surface area contributed by atoms with E-state index in [0.717, 1.165) is 0 Å². The zero-order valence-electron chi connectivity index (χ0n) is 13.3. The summed E-state index contributed by atoms with van der Waals surface area (Å²) in [4.78, 5) is 23.5. The second kappa shape index (κ2) is 8.21. The number of rotatable bonds is 6. The van der Waals surface area contributed by atoms with Crippen molar-refractivity contribution in [1.82, 2.24) is 5.32 Å². The highest BCUT2D eigenvalue weighted by Gasteiger charge is 2.14. The molecule has 0 saturated heterocycles. The van der Waals surface area contributed by atoms with E-state index in [9.17, 15) is 19.1 Å². The van der Waals surface area contributed by atoms with E-state index in [1.807, 2.05) is 0 Å². The number of nitrogens with one attached hydrogen (secondary N) is 2. The first-order valence-corrected chi connectivity index (χ1v) is 7.62. The molecule has 2 rings (SSSR count). The highest BCUT2D eigenvalue weighted by Crippen LogP contribution is 2.16. The van der Waals surface area contributed by atoms with E-state index in [-0.39, 0.29) is 18.0 Å². The largest absolute Gasteiger partial charge is 0.386 e. The summed E-state index contributed by atoms with van der Waals surface area (Å²) < 4.78 is 13.6. The van der Waals surface area contributed by atoms with Gasteiger partial charge in [0.2, 0.25) is 5.91 Å². The van der Waals surface area contributed by atoms with E-state index in [1.54, 1.807) is 37.3 Å². The molecular formula is C18H19FN2O3. The molecule has 5 nitrogen and oxygen atoms in total. The number of amides is 2. The van der Waals surface area contributed by atoms with Crippen molar-refractivity contribution in [3.05, 3.63) is 65.5 Å². The van der Waals surface area contributed by atoms with Crippen molar-refractivity contribution in [1.29, 1.82) is 0 Å². The van der Waals surface area contributed by atoms with Crippen molar-refractivity contribution in [2.24, 2.45) is 0 Å². The lowest BCUT2D eigenvalue weighted by atomic mass is 10.1. The summed E-state index contributed by atoms with van der Waals surface area (Å²) in [6.07, 6.45) is -0.802. The summed E-state index contributed by atoms with van der Waals surface area (Å²) in [5.74, 6) is -1.09. The normalized spacial score (nSPS) is 11.6. The second-order valence-corrected chi connectivity index (χ2v) is 5.23. The summed E-state index contributed by atoms with van der Waals surface area (Å²) in [7, 11) is 0. The van der Waals surface area contributed by atoms with E-state index in [1.165, 1.54) is 18.2 Å². The highest BCUT2D eigenvalue weighted by molar-refractivity contribution is 5.97. The monoisotopic (exact) mass is 330 g/mol. The summed E-state index contributed by atoms with van der Waals surface area (Å²) in [6.45, 7) is 1.61. The third-order valence-corrected chi connectivity index (χ3v) is 3.45. The van der Waals surface area contributed by atoms with Crippen molar-refractivity contribution in [3.63, 3.8) is 0 Å². The fourth-order valence-corrected chi connectivity index (χ4v) is 2.13. The van der Waals surface area contributed by atoms with Gasteiger partial charge in [0.05, 0.1) is 6.10 Å². The number of hydrogen-bond donors (Lipinski definition) is 3. The van der Waals surface area contributed by atoms with Crippen LogP contribution in [-0.2, 0) is 4.79 Å². The molecule has 2 amide bonds. The zero-order valence-corrected chi connectivity index (χ0v) is 13.3. The van der Waals surface area contributed by atoms with Crippen molar-refractivity contribution >= 4 is 17.5 Å². The Labute approximate surface area is 139 Å². The molecule has 2 aromatic rings. The molecule has 0 radical (unpaired) electrons. The van der Waals surface area contributed by atoms with Gasteiger partial charge >= 0.3 is 0 Å². The molecule has 3 N–H and O–H groups in total. The van der Waals surface area contributed by atoms with Crippen molar-refractivity contribution in [3.8, 4) is 0 Å². The van der Waals surface area contributed by atoms with Crippen molar-refractivity contribution < 1.29 is 19.1 Å². The minimum absolute atomic E-state index is 0.120. The molecule has 0 fully saturated rings. The minimum Gasteiger partial charge on any atom is -0.386 e. The lowest BCUT2D eigenvalue weighted by molar-refractivity contribution is -0.115. The molecule has 0 aromatic heterocycles. The van der Waals surface area contributed by atoms with Crippen LogP contribution in [0.3, 0.4) is 0 Å². The molecule has 2 aromatic carbocycles. The number of halogens is 1. The summed E-state index contributed by atoms with van der Waals surface area (Å²) >= 11 is 0. The van der Waals surface area contributed by atoms with E-state index < -0.39 is 17.8 Å². The zero-order chi connectivity index (χ0) is 17.5. The Morgan fingerprint density at radius 2 is 1.92 bits per heavy atom. The van der Waals surface area contributed by atoms with Gasteiger partial charge in [0, 0.05) is 29.8 Å². The fourth-order valence-electron chi connectivity index (χ4n) is 2.13. The van der Waals surface area contributed by atoms with Crippen LogP contribution in [0.15, 0.2) is 48.5 Å². The number of carbonyl (C=O) groups excluding carboxylic acids is 2. The van der Waals surface area contributed by atoms with Gasteiger partial charge in [-0.25, -0.2) is 4.39 Å². The molecular weight excluding hydrogens is 311 g/mol. The third-order valence-electron chi connectivity index (χ3n) is 3.45. The maximum absolute atomic E-state index is 13.6. The van der Waals surface area contributed by atoms with Crippen LogP contribution in [0.1, 0.15) is 35.4 Å². The van der Waals surface area contributed by atoms with Crippen LogP contribution in [0.2, 0.25) is 0 Å². The van der Waals surface area contributed by atoms with Crippen LogP contribution < -0.4 is 10.6 Å². The van der Waals surface area contributed by atoms with Gasteiger partial charge in [-0.2, -0.15) is 0 Å². The molecule has 0 aliphatic heterocycles. The smallest absolute Gasteiger partial charge is 0.251 e. The molecule has 1 atom stereocenters. The minimum atomic E-state index is -1.14. The number of benzene rings is 2. The van der Waals surface area contributed by atoms with Crippen LogP contribution in [0.5, 0.6) is 0 Å². The second-order valence-electron chi connectivity index (χ2n) is 5.23. The molecule has 126 valence electrons. The molecule has 0 spiro atoms. The predicted octanol–water partition coefficient (Wildman–Crippen LogP) is 2.64. The van der Waals surface area contributed by atoms with Gasteiger partial charge in [-0.3, -0.25) is 9.59 Å². The first-order chi connectivity index (χ1) is 11.5. The van der Waals surface area contributed by atoms with Gasteiger partial charge in [-0.1, -0.05) is 31.2 Å². The van der Waals surface area contributed by atoms with Crippen LogP contribution >= 0.6 is 0 Å². The van der Waals surface area contributed by atoms with Crippen molar-refractivity contribution in [2.75, 3.05) is 11.9 Å². The average Bonchev–Trinajstić information content (AvgIpc) is 2.59. The summed E-state index contributed by atoms with van der Waals surface area (Å²) in [5.41, 5.74) is 0.982. The van der Waals surface area contributed by atoms with Crippen molar-refractivity contribution in [2.45, 2.75) is 19.4 Å². The number of aliphatic hydroxyl groups is 1. The number of aliphatic hydroxyl groups excluding tert-OH is 1. The Morgan fingerprint density at radius 3 is 2.62 bits per heavy atom. The number of carbonyl (C=O) groups is 2. The van der Waals surface area contributed by atoms with Crippen LogP contribution in [0, 0.1) is 5.82 Å².